The number of carbonyl (C=O) groups excluding carboxylic acids is 1. The van der Waals surface area contributed by atoms with Crippen molar-refractivity contribution < 1.29 is 4.79 Å². The van der Waals surface area contributed by atoms with Gasteiger partial charge in [0.2, 0.25) is 5.82 Å². The Kier molecular flexibility index (Phi) is 3.40. The number of aryl methyl sites for hydroxylation is 1. The van der Waals surface area contributed by atoms with Gasteiger partial charge in [-0.3, -0.25) is 9.78 Å². The van der Waals surface area contributed by atoms with Crippen LogP contribution in [0.15, 0.2) is 24.5 Å². The second kappa shape index (κ2) is 5.37. The van der Waals surface area contributed by atoms with E-state index in [-0.39, 0.29) is 0 Å². The van der Waals surface area contributed by atoms with Crippen LogP contribution in [-0.2, 0) is 6.54 Å². The molecule has 0 fully saturated rings. The van der Waals surface area contributed by atoms with Gasteiger partial charge in [-0.25, -0.2) is 4.98 Å². The second-order valence-corrected chi connectivity index (χ2v) is 5.30. The molecule has 0 aromatic carbocycles. The maximum atomic E-state index is 11.2. The van der Waals surface area contributed by atoms with Crippen LogP contribution in [0.25, 0.3) is 10.8 Å². The summed E-state index contributed by atoms with van der Waals surface area (Å²) < 4.78 is 0. The Bertz CT molecular complexity index is 780. The lowest BCUT2D eigenvalue weighted by molar-refractivity contribution is 0.100. The lowest BCUT2D eigenvalue weighted by Gasteiger charge is -1.96. The van der Waals surface area contributed by atoms with Crippen molar-refractivity contribution in [3.05, 3.63) is 40.7 Å². The maximum Gasteiger partial charge on any atom is 0.260 e. The van der Waals surface area contributed by atoms with E-state index in [0.717, 1.165) is 16.9 Å². The highest BCUT2D eigenvalue weighted by Gasteiger charge is 2.17. The number of primary amides is 1. The Morgan fingerprint density at radius 3 is 3.00 bits per heavy atom. The molecule has 0 atom stereocenters. The van der Waals surface area contributed by atoms with Gasteiger partial charge in [-0.15, -0.1) is 21.5 Å². The Morgan fingerprint density at radius 1 is 1.48 bits per heavy atom. The highest BCUT2D eigenvalue weighted by molar-refractivity contribution is 7.17. The molecule has 3 rings (SSSR count). The summed E-state index contributed by atoms with van der Waals surface area (Å²) in [7, 11) is 0. The number of aromatic nitrogens is 6. The number of hydrogen-bond donors (Lipinski definition) is 1. The highest BCUT2D eigenvalue weighted by atomic mass is 32.1. The molecular formula is C12H11N7OS. The summed E-state index contributed by atoms with van der Waals surface area (Å²) in [5.41, 5.74) is 6.82. The Morgan fingerprint density at radius 2 is 2.33 bits per heavy atom. The van der Waals surface area contributed by atoms with Crippen LogP contribution in [-0.4, -0.2) is 36.1 Å². The van der Waals surface area contributed by atoms with Gasteiger partial charge in [-0.1, -0.05) is 6.07 Å². The van der Waals surface area contributed by atoms with E-state index in [4.69, 9.17) is 5.73 Å². The van der Waals surface area contributed by atoms with Crippen LogP contribution in [0.4, 0.5) is 0 Å². The monoisotopic (exact) mass is 301 g/mol. The number of amides is 1. The quantitative estimate of drug-likeness (QED) is 0.757. The van der Waals surface area contributed by atoms with Gasteiger partial charge in [-0.05, 0) is 23.8 Å². The van der Waals surface area contributed by atoms with Crippen LogP contribution < -0.4 is 5.73 Å². The first-order chi connectivity index (χ1) is 10.1. The lowest BCUT2D eigenvalue weighted by Crippen LogP contribution is -2.09. The largest absolute Gasteiger partial charge is 0.365 e. The van der Waals surface area contributed by atoms with Crippen molar-refractivity contribution in [1.82, 2.24) is 30.2 Å². The Hall–Kier alpha value is -2.68. The Balaban J connectivity index is 1.85. The third kappa shape index (κ3) is 2.77. The van der Waals surface area contributed by atoms with E-state index in [9.17, 15) is 4.79 Å². The van der Waals surface area contributed by atoms with Crippen molar-refractivity contribution >= 4 is 17.2 Å². The summed E-state index contributed by atoms with van der Waals surface area (Å²) in [5.74, 6) is -0.126. The minimum Gasteiger partial charge on any atom is -0.365 e. The molecule has 0 unspecified atom stereocenters. The van der Waals surface area contributed by atoms with Crippen molar-refractivity contribution in [2.75, 3.05) is 0 Å². The average Bonchev–Trinajstić information content (AvgIpc) is 3.06. The fourth-order valence-corrected chi connectivity index (χ4v) is 2.61. The van der Waals surface area contributed by atoms with Crippen molar-refractivity contribution in [3.8, 4) is 10.8 Å². The first kappa shape index (κ1) is 13.3. The minimum atomic E-state index is -0.501. The van der Waals surface area contributed by atoms with Crippen molar-refractivity contribution in [2.45, 2.75) is 13.5 Å². The van der Waals surface area contributed by atoms with Gasteiger partial charge in [0.25, 0.3) is 5.91 Å². The molecular weight excluding hydrogens is 290 g/mol. The summed E-state index contributed by atoms with van der Waals surface area (Å²) in [6.07, 6.45) is 3.44. The van der Waals surface area contributed by atoms with Gasteiger partial charge in [0.15, 0.2) is 5.01 Å². The standard InChI is InChI=1S/C12H11N7OS/c1-7-9(10(13)20)21-12(15-7)11-16-18-19(17-11)6-8-3-2-4-14-5-8/h2-5H,6H2,1H3,(H2,13,20). The zero-order valence-corrected chi connectivity index (χ0v) is 11.9. The van der Waals surface area contributed by atoms with E-state index in [1.54, 1.807) is 19.3 Å². The molecule has 0 aliphatic heterocycles. The molecule has 0 bridgehead atoms. The van der Waals surface area contributed by atoms with Crippen molar-refractivity contribution in [2.24, 2.45) is 5.73 Å². The van der Waals surface area contributed by atoms with E-state index in [1.165, 1.54) is 4.80 Å². The molecule has 0 radical (unpaired) electrons. The fraction of sp³-hybridized carbons (Fsp3) is 0.167. The normalized spacial score (nSPS) is 10.7. The third-order valence-corrected chi connectivity index (χ3v) is 3.88. The van der Waals surface area contributed by atoms with E-state index in [2.05, 4.69) is 25.4 Å². The smallest absolute Gasteiger partial charge is 0.260 e. The lowest BCUT2D eigenvalue weighted by atomic mass is 10.3. The van der Waals surface area contributed by atoms with Gasteiger partial charge < -0.3 is 5.73 Å². The van der Waals surface area contributed by atoms with Crippen molar-refractivity contribution in [3.63, 3.8) is 0 Å². The number of rotatable bonds is 4. The number of thiazole rings is 1. The predicted octanol–water partition coefficient (Wildman–Crippen LogP) is 0.647. The number of hydrogen-bond acceptors (Lipinski definition) is 7. The van der Waals surface area contributed by atoms with Crippen LogP contribution in [0.3, 0.4) is 0 Å². The first-order valence-electron chi connectivity index (χ1n) is 6.08. The molecule has 8 nitrogen and oxygen atoms in total. The molecule has 21 heavy (non-hydrogen) atoms. The molecule has 0 aliphatic rings. The zero-order valence-electron chi connectivity index (χ0n) is 11.1. The molecule has 106 valence electrons. The molecule has 0 aliphatic carbocycles. The summed E-state index contributed by atoms with van der Waals surface area (Å²) >= 11 is 1.16. The molecule has 0 saturated carbocycles. The first-order valence-corrected chi connectivity index (χ1v) is 6.89. The van der Waals surface area contributed by atoms with E-state index in [0.29, 0.717) is 27.9 Å². The van der Waals surface area contributed by atoms with Gasteiger partial charge in [-0.2, -0.15) is 4.80 Å². The summed E-state index contributed by atoms with van der Waals surface area (Å²) in [4.78, 5) is 21.4. The minimum absolute atomic E-state index is 0.375. The second-order valence-electron chi connectivity index (χ2n) is 4.30. The molecule has 0 spiro atoms. The maximum absolute atomic E-state index is 11.2. The Labute approximate surface area is 123 Å². The summed E-state index contributed by atoms with van der Waals surface area (Å²) in [6.45, 7) is 2.19. The molecule has 0 saturated heterocycles. The molecule has 2 N–H and O–H groups in total. The number of pyridine rings is 1. The van der Waals surface area contributed by atoms with Crippen LogP contribution in [0, 0.1) is 6.92 Å². The molecule has 3 aromatic rings. The average molecular weight is 301 g/mol. The van der Waals surface area contributed by atoms with E-state index < -0.39 is 5.91 Å². The third-order valence-electron chi connectivity index (χ3n) is 2.71. The SMILES string of the molecule is Cc1nc(-c2nnn(Cc3cccnc3)n2)sc1C(N)=O. The molecule has 3 heterocycles. The molecule has 1 amide bonds. The number of carbonyl (C=O) groups is 1. The summed E-state index contributed by atoms with van der Waals surface area (Å²) in [5, 5.41) is 12.7. The highest BCUT2D eigenvalue weighted by Crippen LogP contribution is 2.24. The van der Waals surface area contributed by atoms with Gasteiger partial charge in [0, 0.05) is 12.4 Å². The topological polar surface area (TPSA) is 112 Å². The summed E-state index contributed by atoms with van der Waals surface area (Å²) in [6, 6.07) is 3.77. The number of nitrogens with two attached hydrogens (primary N) is 1. The van der Waals surface area contributed by atoms with Crippen LogP contribution >= 0.6 is 11.3 Å². The van der Waals surface area contributed by atoms with E-state index >= 15 is 0 Å². The number of nitrogens with zero attached hydrogens (tertiary/aromatic N) is 6. The van der Waals surface area contributed by atoms with Crippen LogP contribution in [0.2, 0.25) is 0 Å². The fourth-order valence-electron chi connectivity index (χ4n) is 1.77. The van der Waals surface area contributed by atoms with E-state index in [1.807, 2.05) is 12.1 Å². The van der Waals surface area contributed by atoms with Crippen molar-refractivity contribution in [1.29, 1.82) is 0 Å². The van der Waals surface area contributed by atoms with Gasteiger partial charge in [0.1, 0.15) is 4.88 Å². The van der Waals surface area contributed by atoms with Crippen LogP contribution in [0.1, 0.15) is 20.9 Å². The molecule has 3 aromatic heterocycles. The number of tetrazole rings is 1. The van der Waals surface area contributed by atoms with Gasteiger partial charge >= 0.3 is 0 Å². The van der Waals surface area contributed by atoms with Gasteiger partial charge in [0.05, 0.1) is 12.2 Å². The zero-order chi connectivity index (χ0) is 14.8. The predicted molar refractivity (Wildman–Crippen MR) is 75.5 cm³/mol. The van der Waals surface area contributed by atoms with Crippen LogP contribution in [0.5, 0.6) is 0 Å². The molecule has 9 heteroatoms.